The molecular formula is C25H37IO8. The van der Waals surface area contributed by atoms with E-state index in [0.29, 0.717) is 12.8 Å². The molecule has 4 aliphatic rings. The Labute approximate surface area is 215 Å². The van der Waals surface area contributed by atoms with Crippen molar-refractivity contribution in [1.29, 1.82) is 0 Å². The smallest absolute Gasteiger partial charge is 0.344 e. The normalized spacial score (nSPS) is 39.0. The van der Waals surface area contributed by atoms with Crippen molar-refractivity contribution in [2.24, 2.45) is 23.7 Å². The summed E-state index contributed by atoms with van der Waals surface area (Å²) in [7, 11) is 1.58. The molecule has 0 N–H and O–H groups in total. The van der Waals surface area contributed by atoms with Gasteiger partial charge in [-0.05, 0) is 64.7 Å². The minimum atomic E-state index is -0.944. The summed E-state index contributed by atoms with van der Waals surface area (Å²) in [6, 6.07) is 0. The molecule has 3 aliphatic carbocycles. The van der Waals surface area contributed by atoms with Gasteiger partial charge in [-0.1, -0.05) is 36.4 Å². The summed E-state index contributed by atoms with van der Waals surface area (Å²) in [6.07, 6.45) is 5.06. The predicted molar refractivity (Wildman–Crippen MR) is 130 cm³/mol. The third kappa shape index (κ3) is 4.38. The van der Waals surface area contributed by atoms with Gasteiger partial charge in [-0.3, -0.25) is 9.59 Å². The SMILES string of the molecule is CCC1(OC(=O)C2C3CC4C(OC(C)(OC)C42)C3OC(=O)COC(=O)C(C)(I)CC)CCCC1. The standard InChI is InChI=1S/C25H37IO8/c1-6-23(3,26)22(29)31-13-16(27)32-19-14-12-15-18(24(4,30-5)33-20(15)19)17(14)21(28)34-25(7-2)10-8-9-11-25/h14-15,17-20H,6-13H2,1-5H3. The summed E-state index contributed by atoms with van der Waals surface area (Å²) in [5, 5.41) is 0. The van der Waals surface area contributed by atoms with Crippen LogP contribution in [-0.2, 0) is 38.1 Å². The number of hydrogen-bond acceptors (Lipinski definition) is 8. The van der Waals surface area contributed by atoms with Crippen LogP contribution in [-0.4, -0.2) is 58.6 Å². The van der Waals surface area contributed by atoms with Crippen molar-refractivity contribution < 1.29 is 38.1 Å². The zero-order valence-electron chi connectivity index (χ0n) is 20.8. The molecule has 34 heavy (non-hydrogen) atoms. The molecule has 0 aromatic heterocycles. The number of ether oxygens (including phenoxy) is 5. The molecule has 0 spiro atoms. The molecule has 8 unspecified atom stereocenters. The maximum Gasteiger partial charge on any atom is 0.344 e. The zero-order chi connectivity index (χ0) is 24.9. The fourth-order valence-corrected chi connectivity index (χ4v) is 6.77. The van der Waals surface area contributed by atoms with Crippen LogP contribution in [0.5, 0.6) is 0 Å². The maximum atomic E-state index is 13.6. The first-order valence-corrected chi connectivity index (χ1v) is 13.6. The number of methoxy groups -OCH3 is 1. The number of carbonyl (C=O) groups is 3. The van der Waals surface area contributed by atoms with Crippen molar-refractivity contribution >= 4 is 40.5 Å². The zero-order valence-corrected chi connectivity index (χ0v) is 22.9. The minimum Gasteiger partial charge on any atom is -0.459 e. The van der Waals surface area contributed by atoms with Crippen LogP contribution in [0.2, 0.25) is 0 Å². The Morgan fingerprint density at radius 1 is 1.15 bits per heavy atom. The summed E-state index contributed by atoms with van der Waals surface area (Å²) < 4.78 is 28.5. The monoisotopic (exact) mass is 592 g/mol. The molecule has 4 fully saturated rings. The van der Waals surface area contributed by atoms with Gasteiger partial charge in [0.15, 0.2) is 12.4 Å². The Hall–Kier alpha value is -0.940. The van der Waals surface area contributed by atoms with E-state index in [4.69, 9.17) is 23.7 Å². The number of esters is 3. The number of alkyl halides is 1. The molecule has 0 radical (unpaired) electrons. The summed E-state index contributed by atoms with van der Waals surface area (Å²) in [5.41, 5.74) is -0.396. The van der Waals surface area contributed by atoms with Crippen molar-refractivity contribution in [2.75, 3.05) is 13.7 Å². The Balaban J connectivity index is 1.48. The van der Waals surface area contributed by atoms with Gasteiger partial charge in [0.05, 0.1) is 5.92 Å². The quantitative estimate of drug-likeness (QED) is 0.172. The first kappa shape index (κ1) is 26.1. The van der Waals surface area contributed by atoms with Gasteiger partial charge in [0.2, 0.25) is 0 Å². The van der Waals surface area contributed by atoms with E-state index < -0.39 is 45.4 Å². The molecule has 9 heteroatoms. The Kier molecular flexibility index (Phi) is 7.30. The van der Waals surface area contributed by atoms with E-state index in [2.05, 4.69) is 6.92 Å². The third-order valence-corrected chi connectivity index (χ3v) is 10.0. The van der Waals surface area contributed by atoms with Gasteiger partial charge < -0.3 is 23.7 Å². The highest BCUT2D eigenvalue weighted by Crippen LogP contribution is 2.64. The topological polar surface area (TPSA) is 97.4 Å². The van der Waals surface area contributed by atoms with Crippen molar-refractivity contribution in [2.45, 2.75) is 99.7 Å². The Morgan fingerprint density at radius 2 is 1.82 bits per heavy atom. The molecule has 1 saturated heterocycles. The fourth-order valence-electron chi connectivity index (χ4n) is 6.62. The Bertz CT molecular complexity index is 822. The molecule has 8 nitrogen and oxygen atoms in total. The average molecular weight is 592 g/mol. The molecule has 1 aliphatic heterocycles. The van der Waals surface area contributed by atoms with E-state index in [-0.39, 0.29) is 29.8 Å². The summed E-state index contributed by atoms with van der Waals surface area (Å²) in [6.45, 7) is 7.11. The van der Waals surface area contributed by atoms with Crippen LogP contribution in [0.4, 0.5) is 0 Å². The van der Waals surface area contributed by atoms with E-state index in [1.54, 1.807) is 14.0 Å². The largest absolute Gasteiger partial charge is 0.459 e. The van der Waals surface area contributed by atoms with Crippen molar-refractivity contribution in [1.82, 2.24) is 0 Å². The second kappa shape index (κ2) is 9.50. The van der Waals surface area contributed by atoms with Gasteiger partial charge in [-0.25, -0.2) is 4.79 Å². The second-order valence-electron chi connectivity index (χ2n) is 10.7. The van der Waals surface area contributed by atoms with E-state index in [0.717, 1.165) is 32.1 Å². The lowest BCUT2D eigenvalue weighted by Crippen LogP contribution is -2.47. The highest BCUT2D eigenvalue weighted by Gasteiger charge is 2.73. The van der Waals surface area contributed by atoms with Crippen LogP contribution in [0.25, 0.3) is 0 Å². The van der Waals surface area contributed by atoms with Crippen LogP contribution >= 0.6 is 22.6 Å². The van der Waals surface area contributed by atoms with Gasteiger partial charge in [0.25, 0.3) is 0 Å². The molecule has 8 atom stereocenters. The number of hydrogen-bond donors (Lipinski definition) is 0. The molecule has 0 amide bonds. The van der Waals surface area contributed by atoms with Gasteiger partial charge in [-0.15, -0.1) is 0 Å². The predicted octanol–water partition coefficient (Wildman–Crippen LogP) is 3.95. The van der Waals surface area contributed by atoms with Crippen LogP contribution in [0.3, 0.4) is 0 Å². The molecule has 3 saturated carbocycles. The average Bonchev–Trinajstić information content (AvgIpc) is 3.55. The van der Waals surface area contributed by atoms with Gasteiger partial charge >= 0.3 is 17.9 Å². The second-order valence-corrected chi connectivity index (χ2v) is 13.0. The van der Waals surface area contributed by atoms with Crippen molar-refractivity contribution in [3.63, 3.8) is 0 Å². The molecular weight excluding hydrogens is 555 g/mol. The van der Waals surface area contributed by atoms with Crippen LogP contribution < -0.4 is 0 Å². The van der Waals surface area contributed by atoms with Crippen LogP contribution in [0, 0.1) is 23.7 Å². The van der Waals surface area contributed by atoms with Gasteiger partial charge in [0.1, 0.15) is 21.2 Å². The van der Waals surface area contributed by atoms with E-state index in [1.807, 2.05) is 36.4 Å². The van der Waals surface area contributed by atoms with Crippen molar-refractivity contribution in [3.8, 4) is 0 Å². The molecule has 2 bridgehead atoms. The molecule has 0 aromatic carbocycles. The van der Waals surface area contributed by atoms with E-state index in [1.165, 1.54) is 0 Å². The summed E-state index contributed by atoms with van der Waals surface area (Å²) >= 11 is 2.02. The van der Waals surface area contributed by atoms with Gasteiger partial charge in [-0.2, -0.15) is 0 Å². The Morgan fingerprint density at radius 3 is 2.41 bits per heavy atom. The van der Waals surface area contributed by atoms with Crippen LogP contribution in [0.15, 0.2) is 0 Å². The first-order valence-electron chi connectivity index (χ1n) is 12.5. The lowest BCUT2D eigenvalue weighted by Gasteiger charge is -2.37. The highest BCUT2D eigenvalue weighted by molar-refractivity contribution is 14.1. The number of carbonyl (C=O) groups excluding carboxylic acids is 3. The summed E-state index contributed by atoms with van der Waals surface area (Å²) in [5.74, 6) is -3.02. The number of rotatable bonds is 9. The number of fused-ring (bicyclic) bond motifs is 1. The highest BCUT2D eigenvalue weighted by atomic mass is 127. The maximum absolute atomic E-state index is 13.6. The molecule has 0 aromatic rings. The molecule has 192 valence electrons. The summed E-state index contributed by atoms with van der Waals surface area (Å²) in [4.78, 5) is 38.5. The molecule has 1 heterocycles. The van der Waals surface area contributed by atoms with Gasteiger partial charge in [0, 0.05) is 18.9 Å². The lowest BCUT2D eigenvalue weighted by atomic mass is 9.75. The fraction of sp³-hybridized carbons (Fsp3) is 0.880. The first-order chi connectivity index (χ1) is 16.0. The third-order valence-electron chi connectivity index (χ3n) is 8.83. The molecule has 4 rings (SSSR count). The van der Waals surface area contributed by atoms with Crippen LogP contribution in [0.1, 0.15) is 72.6 Å². The van der Waals surface area contributed by atoms with E-state index >= 15 is 0 Å². The van der Waals surface area contributed by atoms with E-state index in [9.17, 15) is 14.4 Å². The number of halogens is 1. The lowest BCUT2D eigenvalue weighted by molar-refractivity contribution is -0.227. The minimum absolute atomic E-state index is 0.0479. The van der Waals surface area contributed by atoms with Crippen molar-refractivity contribution in [3.05, 3.63) is 0 Å².